The molecule has 2 atom stereocenters. The van der Waals surface area contributed by atoms with Gasteiger partial charge in [0.2, 0.25) is 0 Å². The molecule has 7 heteroatoms. The number of aromatic nitrogens is 3. The molecule has 0 aliphatic carbocycles. The highest BCUT2D eigenvalue weighted by atomic mass is 32.2. The second-order valence-electron chi connectivity index (χ2n) is 5.99. The van der Waals surface area contributed by atoms with Crippen LogP contribution in [0.3, 0.4) is 0 Å². The number of hydrogen-bond donors (Lipinski definition) is 0. The van der Waals surface area contributed by atoms with Crippen LogP contribution in [0.5, 0.6) is 0 Å². The lowest BCUT2D eigenvalue weighted by atomic mass is 9.96. The second-order valence-corrected chi connectivity index (χ2v) is 7.78. The molecular weight excluding hydrogens is 300 g/mol. The predicted octanol–water partition coefficient (Wildman–Crippen LogP) is 1.69. The van der Waals surface area contributed by atoms with Crippen LogP contribution in [0.25, 0.3) is 0 Å². The Bertz CT molecular complexity index is 767. The van der Waals surface area contributed by atoms with E-state index < -0.39 is 10.0 Å². The quantitative estimate of drug-likeness (QED) is 0.863. The van der Waals surface area contributed by atoms with Crippen molar-refractivity contribution in [2.75, 3.05) is 6.54 Å². The molecule has 3 rings (SSSR count). The molecule has 2 aromatic rings. The van der Waals surface area contributed by atoms with Crippen molar-refractivity contribution in [3.63, 3.8) is 0 Å². The Morgan fingerprint density at radius 2 is 1.91 bits per heavy atom. The third-order valence-electron chi connectivity index (χ3n) is 4.28. The second kappa shape index (κ2) is 5.48. The van der Waals surface area contributed by atoms with Crippen molar-refractivity contribution < 1.29 is 8.42 Å². The zero-order chi connectivity index (χ0) is 15.9. The molecule has 0 amide bonds. The summed E-state index contributed by atoms with van der Waals surface area (Å²) in [5, 5.41) is 7.44. The zero-order valence-corrected chi connectivity index (χ0v) is 13.8. The number of benzene rings is 1. The summed E-state index contributed by atoms with van der Waals surface area (Å²) >= 11 is 0. The fraction of sp³-hybridized carbons (Fsp3) is 0.467. The summed E-state index contributed by atoms with van der Waals surface area (Å²) in [5.74, 6) is 0.221. The van der Waals surface area contributed by atoms with Crippen molar-refractivity contribution in [1.29, 1.82) is 0 Å². The van der Waals surface area contributed by atoms with Gasteiger partial charge in [-0.05, 0) is 31.7 Å². The molecule has 0 bridgehead atoms. The standard InChI is InChI=1S/C15H20N4O2S/c1-11-4-6-13(7-5-11)14-8-12(2)19(9-14)22(20,21)15-17-16-10-18(15)3/h4-7,10,12,14H,8-9H2,1-3H3. The highest BCUT2D eigenvalue weighted by Crippen LogP contribution is 2.34. The first-order valence-corrected chi connectivity index (χ1v) is 8.76. The maximum absolute atomic E-state index is 12.8. The van der Waals surface area contributed by atoms with E-state index in [9.17, 15) is 8.42 Å². The van der Waals surface area contributed by atoms with Gasteiger partial charge in [-0.15, -0.1) is 10.2 Å². The van der Waals surface area contributed by atoms with Gasteiger partial charge in [0, 0.05) is 19.6 Å². The average molecular weight is 320 g/mol. The van der Waals surface area contributed by atoms with E-state index in [0.717, 1.165) is 6.42 Å². The van der Waals surface area contributed by atoms with Gasteiger partial charge in [-0.2, -0.15) is 4.31 Å². The Labute approximate surface area is 130 Å². The van der Waals surface area contributed by atoms with E-state index in [2.05, 4.69) is 34.5 Å². The molecule has 1 aromatic carbocycles. The summed E-state index contributed by atoms with van der Waals surface area (Å²) in [6.07, 6.45) is 2.23. The zero-order valence-electron chi connectivity index (χ0n) is 13.0. The molecule has 0 radical (unpaired) electrons. The Morgan fingerprint density at radius 1 is 1.23 bits per heavy atom. The lowest BCUT2D eigenvalue weighted by molar-refractivity contribution is 0.400. The SMILES string of the molecule is Cc1ccc(C2CC(C)N(S(=O)(=O)c3nncn3C)C2)cc1. The van der Waals surface area contributed by atoms with Crippen molar-refractivity contribution >= 4 is 10.0 Å². The van der Waals surface area contributed by atoms with Crippen LogP contribution < -0.4 is 0 Å². The monoisotopic (exact) mass is 320 g/mol. The van der Waals surface area contributed by atoms with Crippen LogP contribution in [-0.2, 0) is 17.1 Å². The molecule has 0 N–H and O–H groups in total. The third kappa shape index (κ3) is 2.55. The number of aryl methyl sites for hydroxylation is 2. The van der Waals surface area contributed by atoms with Crippen molar-refractivity contribution in [3.05, 3.63) is 41.7 Å². The van der Waals surface area contributed by atoms with Crippen molar-refractivity contribution in [3.8, 4) is 0 Å². The molecule has 1 aliphatic heterocycles. The first kappa shape index (κ1) is 15.2. The highest BCUT2D eigenvalue weighted by molar-refractivity contribution is 7.89. The molecule has 118 valence electrons. The van der Waals surface area contributed by atoms with Crippen LogP contribution in [0.1, 0.15) is 30.4 Å². The normalized spacial score (nSPS) is 23.0. The van der Waals surface area contributed by atoms with Gasteiger partial charge in [-0.25, -0.2) is 8.42 Å². The van der Waals surface area contributed by atoms with Gasteiger partial charge < -0.3 is 4.57 Å². The van der Waals surface area contributed by atoms with E-state index >= 15 is 0 Å². The smallest absolute Gasteiger partial charge is 0.279 e. The highest BCUT2D eigenvalue weighted by Gasteiger charge is 2.40. The van der Waals surface area contributed by atoms with Gasteiger partial charge in [0.1, 0.15) is 6.33 Å². The molecule has 1 fully saturated rings. The van der Waals surface area contributed by atoms with Crippen LogP contribution in [0.4, 0.5) is 0 Å². The van der Waals surface area contributed by atoms with E-state index in [1.807, 2.05) is 13.8 Å². The van der Waals surface area contributed by atoms with Gasteiger partial charge in [-0.3, -0.25) is 0 Å². The van der Waals surface area contributed by atoms with Crippen molar-refractivity contribution in [1.82, 2.24) is 19.1 Å². The van der Waals surface area contributed by atoms with Crippen LogP contribution in [-0.4, -0.2) is 40.1 Å². The summed E-state index contributed by atoms with van der Waals surface area (Å²) in [6, 6.07) is 8.27. The van der Waals surface area contributed by atoms with E-state index in [4.69, 9.17) is 0 Å². The first-order valence-electron chi connectivity index (χ1n) is 7.32. The van der Waals surface area contributed by atoms with Crippen LogP contribution >= 0.6 is 0 Å². The van der Waals surface area contributed by atoms with E-state index in [-0.39, 0.29) is 17.1 Å². The van der Waals surface area contributed by atoms with E-state index in [1.165, 1.54) is 22.0 Å². The number of hydrogen-bond acceptors (Lipinski definition) is 4. The van der Waals surface area contributed by atoms with Gasteiger partial charge in [0.25, 0.3) is 15.2 Å². The fourth-order valence-corrected chi connectivity index (χ4v) is 4.73. The van der Waals surface area contributed by atoms with E-state index in [0.29, 0.717) is 6.54 Å². The molecule has 1 aromatic heterocycles. The molecule has 2 unspecified atom stereocenters. The largest absolute Gasteiger partial charge is 0.306 e. The maximum Gasteiger partial charge on any atom is 0.279 e. The minimum Gasteiger partial charge on any atom is -0.306 e. The summed E-state index contributed by atoms with van der Waals surface area (Å²) in [7, 11) is -1.96. The topological polar surface area (TPSA) is 68.1 Å². The Kier molecular flexibility index (Phi) is 3.78. The summed E-state index contributed by atoms with van der Waals surface area (Å²) in [6.45, 7) is 4.48. The first-order chi connectivity index (χ1) is 10.4. The third-order valence-corrected chi connectivity index (χ3v) is 6.23. The fourth-order valence-electron chi connectivity index (χ4n) is 3.03. The molecule has 0 saturated carbocycles. The van der Waals surface area contributed by atoms with Crippen molar-refractivity contribution in [2.24, 2.45) is 7.05 Å². The average Bonchev–Trinajstić information content (AvgIpc) is 3.06. The van der Waals surface area contributed by atoms with Gasteiger partial charge >= 0.3 is 0 Å². The molecule has 1 aliphatic rings. The van der Waals surface area contributed by atoms with Gasteiger partial charge in [-0.1, -0.05) is 29.8 Å². The number of nitrogens with zero attached hydrogens (tertiary/aromatic N) is 4. The molecule has 2 heterocycles. The van der Waals surface area contributed by atoms with Crippen LogP contribution in [0.15, 0.2) is 35.7 Å². The predicted molar refractivity (Wildman–Crippen MR) is 82.9 cm³/mol. The number of rotatable bonds is 3. The molecular formula is C15H20N4O2S. The molecule has 1 saturated heterocycles. The molecule has 22 heavy (non-hydrogen) atoms. The van der Waals surface area contributed by atoms with Gasteiger partial charge in [0.15, 0.2) is 0 Å². The molecule has 0 spiro atoms. The molecule has 6 nitrogen and oxygen atoms in total. The minimum atomic E-state index is -3.60. The summed E-state index contributed by atoms with van der Waals surface area (Å²) in [4.78, 5) is 0. The van der Waals surface area contributed by atoms with Crippen LogP contribution in [0.2, 0.25) is 0 Å². The summed E-state index contributed by atoms with van der Waals surface area (Å²) in [5.41, 5.74) is 2.39. The lowest BCUT2D eigenvalue weighted by Gasteiger charge is -2.19. The van der Waals surface area contributed by atoms with E-state index in [1.54, 1.807) is 11.4 Å². The Hall–Kier alpha value is -1.73. The summed E-state index contributed by atoms with van der Waals surface area (Å²) < 4.78 is 28.5. The maximum atomic E-state index is 12.8. The Balaban J connectivity index is 1.88. The number of sulfonamides is 1. The minimum absolute atomic E-state index is 0.00362. The Morgan fingerprint density at radius 3 is 2.50 bits per heavy atom. The van der Waals surface area contributed by atoms with Crippen molar-refractivity contribution in [2.45, 2.75) is 37.4 Å². The van der Waals surface area contributed by atoms with Gasteiger partial charge in [0.05, 0.1) is 0 Å². The van der Waals surface area contributed by atoms with Crippen LogP contribution in [0, 0.1) is 6.92 Å². The lowest BCUT2D eigenvalue weighted by Crippen LogP contribution is -2.35.